The van der Waals surface area contributed by atoms with E-state index in [1.807, 2.05) is 29.8 Å². The molecule has 0 saturated heterocycles. The van der Waals surface area contributed by atoms with Gasteiger partial charge in [-0.2, -0.15) is 0 Å². The highest BCUT2D eigenvalue weighted by Gasteiger charge is 2.24. The summed E-state index contributed by atoms with van der Waals surface area (Å²) in [5, 5.41) is 0.679. The van der Waals surface area contributed by atoms with Crippen molar-refractivity contribution in [2.75, 3.05) is 5.73 Å². The van der Waals surface area contributed by atoms with E-state index in [1.54, 1.807) is 0 Å². The van der Waals surface area contributed by atoms with E-state index in [0.29, 0.717) is 16.8 Å². The lowest BCUT2D eigenvalue weighted by atomic mass is 9.89. The number of nitrogens with zero attached hydrogens (tertiary/aromatic N) is 2. The number of hydrogen-bond acceptors (Lipinski definition) is 2. The Hall–Kier alpha value is -1.00. The van der Waals surface area contributed by atoms with Crippen LogP contribution in [0.5, 0.6) is 0 Å². The van der Waals surface area contributed by atoms with Gasteiger partial charge in [-0.15, -0.1) is 0 Å². The van der Waals surface area contributed by atoms with Gasteiger partial charge in [0.2, 0.25) is 0 Å². The fourth-order valence-electron chi connectivity index (χ4n) is 3.13. The summed E-state index contributed by atoms with van der Waals surface area (Å²) in [7, 11) is 2.00. The molecule has 2 N–H and O–H groups in total. The third-order valence-electron chi connectivity index (χ3n) is 4.33. The first-order chi connectivity index (χ1) is 10.1. The third kappa shape index (κ3) is 2.84. The maximum absolute atomic E-state index is 6.32. The predicted molar refractivity (Wildman–Crippen MR) is 91.6 cm³/mol. The zero-order chi connectivity index (χ0) is 15.0. The Bertz CT molecular complexity index is 660. The molecule has 1 fully saturated rings. The third-order valence-corrected chi connectivity index (χ3v) is 5.15. The summed E-state index contributed by atoms with van der Waals surface area (Å²) in [6, 6.07) is 5.77. The molecule has 0 aliphatic heterocycles. The maximum Gasteiger partial charge on any atom is 0.131 e. The number of imidazole rings is 1. The summed E-state index contributed by atoms with van der Waals surface area (Å²) in [4.78, 5) is 4.84. The molecule has 0 bridgehead atoms. The second kappa shape index (κ2) is 6.01. The van der Waals surface area contributed by atoms with Gasteiger partial charge < -0.3 is 10.3 Å². The van der Waals surface area contributed by atoms with Crippen LogP contribution in [0.4, 0.5) is 5.82 Å². The molecule has 1 saturated carbocycles. The molecule has 1 aliphatic rings. The molecule has 1 aromatic carbocycles. The zero-order valence-electron chi connectivity index (χ0n) is 12.1. The second-order valence-electron chi connectivity index (χ2n) is 5.72. The lowest BCUT2D eigenvalue weighted by Crippen LogP contribution is -2.11. The summed E-state index contributed by atoms with van der Waals surface area (Å²) >= 11 is 9.81. The van der Waals surface area contributed by atoms with Crippen LogP contribution in [0.25, 0.3) is 11.3 Å². The van der Waals surface area contributed by atoms with E-state index in [4.69, 9.17) is 22.3 Å². The van der Waals surface area contributed by atoms with Crippen molar-refractivity contribution in [2.24, 2.45) is 7.05 Å². The normalized spacial score (nSPS) is 16.3. The molecule has 0 spiro atoms. The van der Waals surface area contributed by atoms with Crippen LogP contribution in [-0.2, 0) is 7.05 Å². The van der Waals surface area contributed by atoms with E-state index >= 15 is 0 Å². The Labute approximate surface area is 138 Å². The highest BCUT2D eigenvalue weighted by Crippen LogP contribution is 2.38. The summed E-state index contributed by atoms with van der Waals surface area (Å²) < 4.78 is 3.01. The predicted octanol–water partition coefficient (Wildman–Crippen LogP) is 5.13. The highest BCUT2D eigenvalue weighted by atomic mass is 79.9. The number of halogens is 2. The van der Waals surface area contributed by atoms with E-state index in [2.05, 4.69) is 15.9 Å². The van der Waals surface area contributed by atoms with Crippen molar-refractivity contribution in [3.05, 3.63) is 33.5 Å². The fraction of sp³-hybridized carbons (Fsp3) is 0.438. The Kier molecular flexibility index (Phi) is 4.27. The standard InChI is InChI=1S/C16H19BrClN3/c1-21-15(19)14(12-9-11(17)7-8-13(12)18)20-16(21)10-5-3-2-4-6-10/h7-10H,2-6,19H2,1H3. The summed E-state index contributed by atoms with van der Waals surface area (Å²) in [6.07, 6.45) is 6.31. The van der Waals surface area contributed by atoms with Crippen molar-refractivity contribution in [1.82, 2.24) is 9.55 Å². The number of anilines is 1. The lowest BCUT2D eigenvalue weighted by molar-refractivity contribution is 0.422. The van der Waals surface area contributed by atoms with Crippen LogP contribution in [0.15, 0.2) is 22.7 Å². The first-order valence-electron chi connectivity index (χ1n) is 7.35. The zero-order valence-corrected chi connectivity index (χ0v) is 14.4. The van der Waals surface area contributed by atoms with Crippen LogP contribution in [0.2, 0.25) is 5.02 Å². The van der Waals surface area contributed by atoms with Crippen molar-refractivity contribution >= 4 is 33.3 Å². The first kappa shape index (κ1) is 14.9. The molecule has 0 amide bonds. The Morgan fingerprint density at radius 1 is 1.29 bits per heavy atom. The van der Waals surface area contributed by atoms with Crippen LogP contribution in [0, 0.1) is 0 Å². The molecule has 1 aromatic heterocycles. The van der Waals surface area contributed by atoms with Gasteiger partial charge in [0.1, 0.15) is 17.3 Å². The van der Waals surface area contributed by atoms with Crippen molar-refractivity contribution in [1.29, 1.82) is 0 Å². The van der Waals surface area contributed by atoms with Gasteiger partial charge in [0.15, 0.2) is 0 Å². The van der Waals surface area contributed by atoms with Crippen molar-refractivity contribution in [2.45, 2.75) is 38.0 Å². The van der Waals surface area contributed by atoms with Gasteiger partial charge >= 0.3 is 0 Å². The van der Waals surface area contributed by atoms with Crippen LogP contribution in [-0.4, -0.2) is 9.55 Å². The number of rotatable bonds is 2. The molecular weight excluding hydrogens is 350 g/mol. The van der Waals surface area contributed by atoms with Gasteiger partial charge in [0.05, 0.1) is 5.02 Å². The van der Waals surface area contributed by atoms with Gasteiger partial charge in [-0.25, -0.2) is 4.98 Å². The quantitative estimate of drug-likeness (QED) is 0.798. The van der Waals surface area contributed by atoms with Crippen molar-refractivity contribution in [3.8, 4) is 11.3 Å². The molecule has 1 heterocycles. The SMILES string of the molecule is Cn1c(C2CCCCC2)nc(-c2cc(Br)ccc2Cl)c1N. The largest absolute Gasteiger partial charge is 0.383 e. The van der Waals surface area contributed by atoms with E-state index in [9.17, 15) is 0 Å². The van der Waals surface area contributed by atoms with Gasteiger partial charge in [-0.05, 0) is 31.0 Å². The van der Waals surface area contributed by atoms with Gasteiger partial charge in [-0.1, -0.05) is 46.8 Å². The molecular formula is C16H19BrClN3. The molecule has 3 rings (SSSR count). The average Bonchev–Trinajstić information content (AvgIpc) is 2.79. The summed E-state index contributed by atoms with van der Waals surface area (Å²) in [6.45, 7) is 0. The smallest absolute Gasteiger partial charge is 0.131 e. The van der Waals surface area contributed by atoms with Crippen molar-refractivity contribution in [3.63, 3.8) is 0 Å². The summed E-state index contributed by atoms with van der Waals surface area (Å²) in [5.41, 5.74) is 7.97. The first-order valence-corrected chi connectivity index (χ1v) is 8.52. The number of aromatic nitrogens is 2. The van der Waals surface area contributed by atoms with Gasteiger partial charge in [-0.3, -0.25) is 0 Å². The van der Waals surface area contributed by atoms with Crippen molar-refractivity contribution < 1.29 is 0 Å². The monoisotopic (exact) mass is 367 g/mol. The lowest BCUT2D eigenvalue weighted by Gasteiger charge is -2.21. The fourth-order valence-corrected chi connectivity index (χ4v) is 3.70. The minimum absolute atomic E-state index is 0.519. The van der Waals surface area contributed by atoms with E-state index in [1.165, 1.54) is 32.1 Å². The Balaban J connectivity index is 2.05. The molecule has 112 valence electrons. The molecule has 0 atom stereocenters. The molecule has 5 heteroatoms. The van der Waals surface area contributed by atoms with Crippen LogP contribution in [0.1, 0.15) is 43.8 Å². The van der Waals surface area contributed by atoms with E-state index in [0.717, 1.165) is 21.6 Å². The molecule has 2 aromatic rings. The van der Waals surface area contributed by atoms with E-state index < -0.39 is 0 Å². The topological polar surface area (TPSA) is 43.8 Å². The van der Waals surface area contributed by atoms with Crippen LogP contribution in [0.3, 0.4) is 0 Å². The van der Waals surface area contributed by atoms with Gasteiger partial charge in [0, 0.05) is 23.0 Å². The highest BCUT2D eigenvalue weighted by molar-refractivity contribution is 9.10. The minimum atomic E-state index is 0.519. The maximum atomic E-state index is 6.32. The molecule has 1 aliphatic carbocycles. The van der Waals surface area contributed by atoms with Crippen LogP contribution < -0.4 is 5.73 Å². The number of nitrogen functional groups attached to an aromatic ring is 1. The Morgan fingerprint density at radius 3 is 2.71 bits per heavy atom. The molecule has 0 radical (unpaired) electrons. The summed E-state index contributed by atoms with van der Waals surface area (Å²) in [5.74, 6) is 2.31. The van der Waals surface area contributed by atoms with Crippen LogP contribution >= 0.6 is 27.5 Å². The number of hydrogen-bond donors (Lipinski definition) is 1. The van der Waals surface area contributed by atoms with Gasteiger partial charge in [0.25, 0.3) is 0 Å². The second-order valence-corrected chi connectivity index (χ2v) is 7.04. The molecule has 21 heavy (non-hydrogen) atoms. The number of nitrogens with two attached hydrogens (primary N) is 1. The Morgan fingerprint density at radius 2 is 2.00 bits per heavy atom. The average molecular weight is 369 g/mol. The number of benzene rings is 1. The molecule has 0 unspecified atom stereocenters. The molecule has 3 nitrogen and oxygen atoms in total. The minimum Gasteiger partial charge on any atom is -0.383 e. The van der Waals surface area contributed by atoms with E-state index in [-0.39, 0.29) is 0 Å².